The number of likely N-dealkylation sites (tertiary alicyclic amines) is 1. The van der Waals surface area contributed by atoms with Crippen LogP contribution in [0.2, 0.25) is 0 Å². The molecule has 0 radical (unpaired) electrons. The molecule has 2 bridgehead atoms. The van der Waals surface area contributed by atoms with Crippen molar-refractivity contribution in [2.75, 3.05) is 20.1 Å². The van der Waals surface area contributed by atoms with E-state index in [0.29, 0.717) is 19.1 Å². The maximum Gasteiger partial charge on any atom is 0.128 e. The van der Waals surface area contributed by atoms with E-state index in [0.717, 1.165) is 30.3 Å². The molecular weight excluding hydrogens is 253 g/mol. The summed E-state index contributed by atoms with van der Waals surface area (Å²) in [6.07, 6.45) is 3.82. The molecule has 0 aromatic heterocycles. The van der Waals surface area contributed by atoms with Crippen LogP contribution in [0.15, 0.2) is 18.2 Å². The minimum Gasteiger partial charge on any atom is -0.326 e. The molecule has 2 aliphatic heterocycles. The van der Waals surface area contributed by atoms with Crippen molar-refractivity contribution in [1.82, 2.24) is 9.80 Å². The number of nitrogens with two attached hydrogens (primary N) is 1. The van der Waals surface area contributed by atoms with E-state index < -0.39 is 0 Å². The van der Waals surface area contributed by atoms with Gasteiger partial charge in [0.1, 0.15) is 5.82 Å². The lowest BCUT2D eigenvalue weighted by Crippen LogP contribution is -2.36. The Balaban J connectivity index is 1.69. The van der Waals surface area contributed by atoms with Gasteiger partial charge in [0.15, 0.2) is 0 Å². The minimum absolute atomic E-state index is 0.115. The van der Waals surface area contributed by atoms with E-state index in [9.17, 15) is 4.39 Å². The van der Waals surface area contributed by atoms with Gasteiger partial charge in [-0.15, -0.1) is 0 Å². The van der Waals surface area contributed by atoms with Crippen LogP contribution < -0.4 is 5.73 Å². The molecule has 0 amide bonds. The van der Waals surface area contributed by atoms with Crippen molar-refractivity contribution >= 4 is 0 Å². The summed E-state index contributed by atoms with van der Waals surface area (Å²) >= 11 is 0. The van der Waals surface area contributed by atoms with Crippen LogP contribution in [0.5, 0.6) is 0 Å². The Bertz CT molecular complexity index is 477. The lowest BCUT2D eigenvalue weighted by Gasteiger charge is -2.25. The predicted octanol–water partition coefficient (Wildman–Crippen LogP) is 1.95. The highest BCUT2D eigenvalue weighted by Gasteiger charge is 2.34. The van der Waals surface area contributed by atoms with E-state index in [1.165, 1.54) is 19.3 Å². The lowest BCUT2D eigenvalue weighted by molar-refractivity contribution is 0.213. The molecule has 1 aromatic carbocycles. The number of nitrogens with zero attached hydrogens (tertiary/aromatic N) is 2. The molecule has 2 fully saturated rings. The van der Waals surface area contributed by atoms with Gasteiger partial charge in [0.2, 0.25) is 0 Å². The van der Waals surface area contributed by atoms with E-state index in [2.05, 4.69) is 16.8 Å². The lowest BCUT2D eigenvalue weighted by atomic mass is 10.1. The highest BCUT2D eigenvalue weighted by molar-refractivity contribution is 5.24. The van der Waals surface area contributed by atoms with Crippen LogP contribution in [-0.2, 0) is 13.1 Å². The second-order valence-corrected chi connectivity index (χ2v) is 6.20. The van der Waals surface area contributed by atoms with Gasteiger partial charge in [-0.05, 0) is 37.9 Å². The molecule has 2 N–H and O–H groups in total. The Labute approximate surface area is 120 Å². The first kappa shape index (κ1) is 14.0. The average molecular weight is 277 g/mol. The van der Waals surface area contributed by atoms with E-state index in [4.69, 9.17) is 5.73 Å². The van der Waals surface area contributed by atoms with Gasteiger partial charge >= 0.3 is 0 Å². The highest BCUT2D eigenvalue weighted by Crippen LogP contribution is 2.29. The summed E-state index contributed by atoms with van der Waals surface area (Å²) in [7, 11) is 2.24. The third-order valence-electron chi connectivity index (χ3n) is 4.98. The van der Waals surface area contributed by atoms with Gasteiger partial charge in [0, 0.05) is 43.8 Å². The van der Waals surface area contributed by atoms with E-state index in [-0.39, 0.29) is 5.82 Å². The fourth-order valence-electron chi connectivity index (χ4n) is 3.61. The van der Waals surface area contributed by atoms with E-state index in [1.54, 1.807) is 6.07 Å². The third kappa shape index (κ3) is 2.73. The average Bonchev–Trinajstić information content (AvgIpc) is 2.69. The van der Waals surface area contributed by atoms with Crippen LogP contribution in [0, 0.1) is 5.82 Å². The molecule has 2 heterocycles. The summed E-state index contributed by atoms with van der Waals surface area (Å²) in [6, 6.07) is 6.79. The molecule has 2 unspecified atom stereocenters. The van der Waals surface area contributed by atoms with Crippen molar-refractivity contribution in [1.29, 1.82) is 0 Å². The van der Waals surface area contributed by atoms with Crippen LogP contribution in [0.4, 0.5) is 4.39 Å². The molecule has 0 saturated carbocycles. The summed E-state index contributed by atoms with van der Waals surface area (Å²) in [4.78, 5) is 4.93. The van der Waals surface area contributed by atoms with Crippen LogP contribution in [0.3, 0.4) is 0 Å². The van der Waals surface area contributed by atoms with Gasteiger partial charge < -0.3 is 5.73 Å². The van der Waals surface area contributed by atoms with Crippen LogP contribution in [-0.4, -0.2) is 42.0 Å². The maximum absolute atomic E-state index is 14.1. The highest BCUT2D eigenvalue weighted by atomic mass is 19.1. The number of hydrogen-bond donors (Lipinski definition) is 1. The third-order valence-corrected chi connectivity index (χ3v) is 4.98. The number of hydrogen-bond acceptors (Lipinski definition) is 3. The van der Waals surface area contributed by atoms with Crippen molar-refractivity contribution < 1.29 is 4.39 Å². The topological polar surface area (TPSA) is 32.5 Å². The normalized spacial score (nSPS) is 27.8. The van der Waals surface area contributed by atoms with Crippen LogP contribution in [0.1, 0.15) is 30.4 Å². The van der Waals surface area contributed by atoms with Gasteiger partial charge in [-0.2, -0.15) is 0 Å². The molecule has 20 heavy (non-hydrogen) atoms. The maximum atomic E-state index is 14.1. The van der Waals surface area contributed by atoms with Crippen LogP contribution >= 0.6 is 0 Å². The standard InChI is InChI=1S/C16H24FN3/c1-19-14-4-5-15(19)11-20(7-6-14)10-13-3-2-12(9-18)8-16(13)17/h2-3,8,14-15H,4-7,9-11,18H2,1H3. The quantitative estimate of drug-likeness (QED) is 0.916. The predicted molar refractivity (Wildman–Crippen MR) is 78.8 cm³/mol. The Morgan fingerprint density at radius 1 is 1.25 bits per heavy atom. The second-order valence-electron chi connectivity index (χ2n) is 6.20. The summed E-state index contributed by atoms with van der Waals surface area (Å²) in [6.45, 7) is 3.25. The molecule has 110 valence electrons. The summed E-state index contributed by atoms with van der Waals surface area (Å²) in [5.41, 5.74) is 7.20. The Kier molecular flexibility index (Phi) is 4.06. The van der Waals surface area contributed by atoms with Crippen LogP contribution in [0.25, 0.3) is 0 Å². The first-order chi connectivity index (χ1) is 9.67. The molecule has 0 aliphatic carbocycles. The fourth-order valence-corrected chi connectivity index (χ4v) is 3.61. The smallest absolute Gasteiger partial charge is 0.128 e. The minimum atomic E-state index is -0.115. The molecular formula is C16H24FN3. The van der Waals surface area contributed by atoms with Crippen molar-refractivity contribution in [2.45, 2.75) is 44.4 Å². The Hall–Kier alpha value is -0.970. The number of fused-ring (bicyclic) bond motifs is 2. The van der Waals surface area contributed by atoms with Crippen molar-refractivity contribution in [2.24, 2.45) is 5.73 Å². The molecule has 3 nitrogen and oxygen atoms in total. The Morgan fingerprint density at radius 2 is 2.05 bits per heavy atom. The zero-order valence-electron chi connectivity index (χ0n) is 12.2. The van der Waals surface area contributed by atoms with Gasteiger partial charge in [-0.3, -0.25) is 9.80 Å². The molecule has 0 spiro atoms. The molecule has 3 rings (SSSR count). The van der Waals surface area contributed by atoms with Gasteiger partial charge in [-0.25, -0.2) is 4.39 Å². The summed E-state index contributed by atoms with van der Waals surface area (Å²) in [5.74, 6) is -0.115. The van der Waals surface area contributed by atoms with Gasteiger partial charge in [0.05, 0.1) is 0 Å². The van der Waals surface area contributed by atoms with Gasteiger partial charge in [0.25, 0.3) is 0 Å². The second kappa shape index (κ2) is 5.80. The molecule has 2 atom stereocenters. The van der Waals surface area contributed by atoms with E-state index in [1.807, 2.05) is 12.1 Å². The first-order valence-corrected chi connectivity index (χ1v) is 7.59. The molecule has 4 heteroatoms. The summed E-state index contributed by atoms with van der Waals surface area (Å²) in [5, 5.41) is 0. The molecule has 2 saturated heterocycles. The molecule has 1 aromatic rings. The number of halogens is 1. The zero-order chi connectivity index (χ0) is 14.1. The van der Waals surface area contributed by atoms with Crippen molar-refractivity contribution in [3.63, 3.8) is 0 Å². The van der Waals surface area contributed by atoms with Crippen molar-refractivity contribution in [3.8, 4) is 0 Å². The monoisotopic (exact) mass is 277 g/mol. The largest absolute Gasteiger partial charge is 0.326 e. The Morgan fingerprint density at radius 3 is 2.80 bits per heavy atom. The zero-order valence-corrected chi connectivity index (χ0v) is 12.2. The fraction of sp³-hybridized carbons (Fsp3) is 0.625. The van der Waals surface area contributed by atoms with Crippen molar-refractivity contribution in [3.05, 3.63) is 35.1 Å². The number of rotatable bonds is 3. The SMILES string of the molecule is CN1C2CCC1CN(Cc1ccc(CN)cc1F)CC2. The number of likely N-dealkylation sites (N-methyl/N-ethyl adjacent to an activating group) is 1. The summed E-state index contributed by atoms with van der Waals surface area (Å²) < 4.78 is 14.1. The van der Waals surface area contributed by atoms with Gasteiger partial charge in [-0.1, -0.05) is 12.1 Å². The number of benzene rings is 1. The molecule has 2 aliphatic rings. The first-order valence-electron chi connectivity index (χ1n) is 7.59. The van der Waals surface area contributed by atoms with E-state index >= 15 is 0 Å².